The minimum absolute atomic E-state index is 0.495. The maximum absolute atomic E-state index is 12.1. The monoisotopic (exact) mass is 524 g/mol. The quantitative estimate of drug-likeness (QED) is 0.0702. The van der Waals surface area contributed by atoms with Gasteiger partial charge in [0.25, 0.3) is 0 Å². The highest BCUT2D eigenvalue weighted by Crippen LogP contribution is 2.13. The van der Waals surface area contributed by atoms with Crippen LogP contribution in [0.5, 0.6) is 0 Å². The second-order valence-corrected chi connectivity index (χ2v) is 10.8. The number of ketones is 1. The predicted molar refractivity (Wildman–Crippen MR) is 173 cm³/mol. The number of unbranched alkanes of at least 4 members (excludes halogenated alkanes) is 15. The summed E-state index contributed by atoms with van der Waals surface area (Å²) in [5.41, 5.74) is 0. The molecule has 0 radical (unpaired) electrons. The van der Waals surface area contributed by atoms with Crippen LogP contribution in [0.4, 0.5) is 0 Å². The highest BCUT2D eigenvalue weighted by atomic mass is 16.1. The standard InChI is InChI=1S/C37H64O/c1-3-5-7-9-11-13-15-17-19-21-23-25-27-29-31-33-35-37(38)36-34-32-30-28-26-24-22-20-18-16-14-12-10-8-6-4-2/h5,7,11-14,17-20H,3-4,6,8-10,15-16,21-36H2,1-2H3/b7-5-,13-11-,14-12-,19-17-,20-18-. The molecule has 0 bridgehead atoms. The molecule has 0 aliphatic carbocycles. The molecular formula is C37H64O. The molecule has 0 rings (SSSR count). The van der Waals surface area contributed by atoms with E-state index in [9.17, 15) is 4.79 Å². The first-order valence-electron chi connectivity index (χ1n) is 16.6. The van der Waals surface area contributed by atoms with E-state index >= 15 is 0 Å². The van der Waals surface area contributed by atoms with Gasteiger partial charge in [-0.25, -0.2) is 0 Å². The molecule has 1 heteroatoms. The van der Waals surface area contributed by atoms with Crippen LogP contribution in [0.3, 0.4) is 0 Å². The van der Waals surface area contributed by atoms with Gasteiger partial charge in [0, 0.05) is 12.8 Å². The fourth-order valence-electron chi connectivity index (χ4n) is 4.55. The van der Waals surface area contributed by atoms with Crippen LogP contribution in [0.2, 0.25) is 0 Å². The number of hydrogen-bond acceptors (Lipinski definition) is 1. The topological polar surface area (TPSA) is 17.1 Å². The van der Waals surface area contributed by atoms with Crippen molar-refractivity contribution in [3.05, 3.63) is 60.8 Å². The van der Waals surface area contributed by atoms with Crippen LogP contribution in [0.25, 0.3) is 0 Å². The van der Waals surface area contributed by atoms with E-state index in [0.717, 1.165) is 51.4 Å². The van der Waals surface area contributed by atoms with Crippen molar-refractivity contribution in [2.75, 3.05) is 0 Å². The van der Waals surface area contributed by atoms with E-state index in [-0.39, 0.29) is 0 Å². The summed E-state index contributed by atoms with van der Waals surface area (Å²) in [7, 11) is 0. The first kappa shape index (κ1) is 36.4. The molecule has 218 valence electrons. The summed E-state index contributed by atoms with van der Waals surface area (Å²) in [5.74, 6) is 0.495. The largest absolute Gasteiger partial charge is 0.300 e. The Morgan fingerprint density at radius 3 is 1.16 bits per heavy atom. The lowest BCUT2D eigenvalue weighted by Gasteiger charge is -2.03. The van der Waals surface area contributed by atoms with Gasteiger partial charge in [-0.05, 0) is 77.0 Å². The Hall–Kier alpha value is -1.63. The van der Waals surface area contributed by atoms with Gasteiger partial charge in [-0.2, -0.15) is 0 Å². The third-order valence-corrected chi connectivity index (χ3v) is 7.01. The third kappa shape index (κ3) is 32.4. The third-order valence-electron chi connectivity index (χ3n) is 7.01. The van der Waals surface area contributed by atoms with Gasteiger partial charge in [0.05, 0.1) is 0 Å². The summed E-state index contributed by atoms with van der Waals surface area (Å²) < 4.78 is 0. The second-order valence-electron chi connectivity index (χ2n) is 10.8. The van der Waals surface area contributed by atoms with Crippen LogP contribution in [0.1, 0.15) is 168 Å². The number of Topliss-reactive ketones (excluding diaryl/α,β-unsaturated/α-hetero) is 1. The summed E-state index contributed by atoms with van der Waals surface area (Å²) in [6, 6.07) is 0. The average Bonchev–Trinajstić information content (AvgIpc) is 2.92. The molecule has 0 saturated heterocycles. The molecule has 1 nitrogen and oxygen atoms in total. The Labute approximate surface area is 239 Å². The maximum atomic E-state index is 12.1. The summed E-state index contributed by atoms with van der Waals surface area (Å²) in [5, 5.41) is 0. The van der Waals surface area contributed by atoms with Gasteiger partial charge >= 0.3 is 0 Å². The number of hydrogen-bond donors (Lipinski definition) is 0. The van der Waals surface area contributed by atoms with Crippen molar-refractivity contribution >= 4 is 5.78 Å². The summed E-state index contributed by atoms with van der Waals surface area (Å²) in [4.78, 5) is 12.1. The predicted octanol–water partition coefficient (Wildman–Crippen LogP) is 12.7. The first-order valence-corrected chi connectivity index (χ1v) is 16.6. The zero-order chi connectivity index (χ0) is 27.6. The molecular weight excluding hydrogens is 460 g/mol. The molecule has 0 aliphatic heterocycles. The lowest BCUT2D eigenvalue weighted by molar-refractivity contribution is -0.119. The van der Waals surface area contributed by atoms with Crippen molar-refractivity contribution in [1.29, 1.82) is 0 Å². The maximum Gasteiger partial charge on any atom is 0.132 e. The van der Waals surface area contributed by atoms with E-state index in [0.29, 0.717) is 5.78 Å². The van der Waals surface area contributed by atoms with Gasteiger partial charge in [0.2, 0.25) is 0 Å². The van der Waals surface area contributed by atoms with E-state index in [1.54, 1.807) is 0 Å². The molecule has 0 spiro atoms. The number of allylic oxidation sites excluding steroid dienone is 10. The molecule has 0 aliphatic rings. The van der Waals surface area contributed by atoms with Gasteiger partial charge in [-0.3, -0.25) is 4.79 Å². The Bertz CT molecular complexity index is 619. The van der Waals surface area contributed by atoms with Crippen molar-refractivity contribution in [3.8, 4) is 0 Å². The summed E-state index contributed by atoms with van der Waals surface area (Å²) in [6.45, 7) is 4.43. The van der Waals surface area contributed by atoms with Crippen LogP contribution in [-0.2, 0) is 4.79 Å². The highest BCUT2D eigenvalue weighted by molar-refractivity contribution is 5.78. The number of carbonyl (C=O) groups is 1. The van der Waals surface area contributed by atoms with Crippen LogP contribution in [0.15, 0.2) is 60.8 Å². The summed E-state index contributed by atoms with van der Waals surface area (Å²) >= 11 is 0. The number of rotatable bonds is 29. The van der Waals surface area contributed by atoms with Crippen LogP contribution in [-0.4, -0.2) is 5.78 Å². The minimum atomic E-state index is 0.495. The normalized spacial score (nSPS) is 12.5. The molecule has 0 unspecified atom stereocenters. The molecule has 0 heterocycles. The highest BCUT2D eigenvalue weighted by Gasteiger charge is 2.02. The molecule has 0 fully saturated rings. The van der Waals surface area contributed by atoms with Crippen molar-refractivity contribution in [1.82, 2.24) is 0 Å². The zero-order valence-electron chi connectivity index (χ0n) is 25.7. The van der Waals surface area contributed by atoms with Crippen molar-refractivity contribution in [2.45, 2.75) is 168 Å². The molecule has 0 aromatic carbocycles. The van der Waals surface area contributed by atoms with Gasteiger partial charge in [-0.15, -0.1) is 0 Å². The average molecular weight is 525 g/mol. The Morgan fingerprint density at radius 2 is 0.737 bits per heavy atom. The van der Waals surface area contributed by atoms with E-state index in [4.69, 9.17) is 0 Å². The van der Waals surface area contributed by atoms with Crippen LogP contribution < -0.4 is 0 Å². The Morgan fingerprint density at radius 1 is 0.395 bits per heavy atom. The van der Waals surface area contributed by atoms with Gasteiger partial charge < -0.3 is 0 Å². The smallest absolute Gasteiger partial charge is 0.132 e. The molecule has 0 aromatic rings. The molecule has 0 amide bonds. The molecule has 0 N–H and O–H groups in total. The van der Waals surface area contributed by atoms with Crippen molar-refractivity contribution in [2.24, 2.45) is 0 Å². The molecule has 0 atom stereocenters. The van der Waals surface area contributed by atoms with Crippen molar-refractivity contribution < 1.29 is 4.79 Å². The zero-order valence-corrected chi connectivity index (χ0v) is 25.7. The fourth-order valence-corrected chi connectivity index (χ4v) is 4.55. The van der Waals surface area contributed by atoms with Gasteiger partial charge in [0.15, 0.2) is 0 Å². The molecule has 0 aromatic heterocycles. The lowest BCUT2D eigenvalue weighted by Crippen LogP contribution is -1.97. The van der Waals surface area contributed by atoms with Gasteiger partial charge in [-0.1, -0.05) is 139 Å². The Balaban J connectivity index is 3.31. The first-order chi connectivity index (χ1) is 18.8. The van der Waals surface area contributed by atoms with E-state index in [1.807, 2.05) is 0 Å². The van der Waals surface area contributed by atoms with Crippen molar-refractivity contribution in [3.63, 3.8) is 0 Å². The van der Waals surface area contributed by atoms with E-state index < -0.39 is 0 Å². The minimum Gasteiger partial charge on any atom is -0.300 e. The van der Waals surface area contributed by atoms with Crippen LogP contribution >= 0.6 is 0 Å². The Kier molecular flexibility index (Phi) is 32.0. The van der Waals surface area contributed by atoms with E-state index in [1.165, 1.54) is 103 Å². The molecule has 38 heavy (non-hydrogen) atoms. The van der Waals surface area contributed by atoms with Gasteiger partial charge in [0.1, 0.15) is 5.78 Å². The SMILES string of the molecule is CC/C=C\C/C=C\C/C=C\CCCCCCCCC(=O)CCCCCCCC/C=C\C/C=C\CCCCC. The molecule has 0 saturated carbocycles. The fraction of sp³-hybridized carbons (Fsp3) is 0.703. The van der Waals surface area contributed by atoms with Crippen LogP contribution in [0, 0.1) is 0 Å². The summed E-state index contributed by atoms with van der Waals surface area (Å²) in [6.07, 6.45) is 51.6. The number of carbonyl (C=O) groups excluding carboxylic acids is 1. The second kappa shape index (κ2) is 33.4. The lowest BCUT2D eigenvalue weighted by atomic mass is 10.0. The van der Waals surface area contributed by atoms with E-state index in [2.05, 4.69) is 74.6 Å².